The van der Waals surface area contributed by atoms with Gasteiger partial charge in [-0.25, -0.2) is 0 Å². The maximum Gasteiger partial charge on any atom is 0.305 e. The summed E-state index contributed by atoms with van der Waals surface area (Å²) < 4.78 is 20.4. The van der Waals surface area contributed by atoms with E-state index in [1.807, 2.05) is 51.1 Å². The molecule has 4 nitrogen and oxygen atoms in total. The van der Waals surface area contributed by atoms with Crippen molar-refractivity contribution in [3.05, 3.63) is 60.2 Å². The van der Waals surface area contributed by atoms with E-state index in [9.17, 15) is 9.35 Å². The van der Waals surface area contributed by atoms with E-state index < -0.39 is 11.4 Å². The normalized spacial score (nSPS) is 13.8. The second-order valence-corrected chi connectivity index (χ2v) is 9.47. The summed E-state index contributed by atoms with van der Waals surface area (Å²) in [4.78, 5) is 11.5. The Morgan fingerprint density at radius 2 is 1.74 bits per heavy atom. The molecule has 0 amide bonds. The lowest BCUT2D eigenvalue weighted by molar-refractivity contribution is -0.140. The molecule has 0 heterocycles. The monoisotopic (exact) mass is 387 g/mol. The molecule has 5 heteroatoms. The van der Waals surface area contributed by atoms with Crippen molar-refractivity contribution in [3.63, 3.8) is 0 Å². The highest BCUT2D eigenvalue weighted by Gasteiger charge is 2.30. The number of rotatable bonds is 8. The lowest BCUT2D eigenvalue weighted by atomic mass is 9.93. The smallest absolute Gasteiger partial charge is 0.305 e. The molecule has 2 unspecified atom stereocenters. The molecule has 0 aromatic heterocycles. The number of methoxy groups -OCH3 is 1. The molecular weight excluding hydrogens is 358 g/mol. The Bertz CT molecular complexity index is 728. The van der Waals surface area contributed by atoms with Crippen LogP contribution in [0.15, 0.2) is 54.6 Å². The van der Waals surface area contributed by atoms with E-state index in [4.69, 9.17) is 4.74 Å². The summed E-state index contributed by atoms with van der Waals surface area (Å²) in [6.45, 7) is 5.85. The molecule has 0 aliphatic heterocycles. The molecule has 2 aromatic rings. The first-order valence-corrected chi connectivity index (χ1v) is 10.4. The summed E-state index contributed by atoms with van der Waals surface area (Å²) >= 11 is -1.21. The van der Waals surface area contributed by atoms with Gasteiger partial charge in [-0.1, -0.05) is 54.6 Å². The molecule has 1 N–H and O–H groups in total. The fourth-order valence-corrected chi connectivity index (χ4v) is 3.67. The average molecular weight is 388 g/mol. The van der Waals surface area contributed by atoms with Gasteiger partial charge in [0, 0.05) is 17.8 Å². The van der Waals surface area contributed by atoms with Gasteiger partial charge in [-0.3, -0.25) is 4.79 Å². The zero-order chi connectivity index (χ0) is 19.9. The lowest BCUT2D eigenvalue weighted by Gasteiger charge is -2.29. The van der Waals surface area contributed by atoms with Crippen LogP contribution in [0.25, 0.3) is 11.1 Å². The predicted molar refractivity (Wildman–Crippen MR) is 112 cm³/mol. The quantitative estimate of drug-likeness (QED) is 0.522. The summed E-state index contributed by atoms with van der Waals surface area (Å²) in [6.07, 6.45) is 1.71. The van der Waals surface area contributed by atoms with E-state index in [-0.39, 0.29) is 16.8 Å². The minimum absolute atomic E-state index is 0.119. The molecule has 0 spiro atoms. The second kappa shape index (κ2) is 9.93. The topological polar surface area (TPSA) is 61.4 Å². The highest BCUT2D eigenvalue weighted by molar-refractivity contribution is 7.90. The van der Waals surface area contributed by atoms with Crippen molar-refractivity contribution in [1.29, 1.82) is 0 Å². The maximum atomic E-state index is 12.8. The number of esters is 1. The second-order valence-electron chi connectivity index (χ2n) is 7.47. The fraction of sp³-hybridized carbons (Fsp3) is 0.409. The van der Waals surface area contributed by atoms with Crippen LogP contribution in [-0.2, 0) is 20.9 Å². The standard InChI is InChI=1S/C22H29NO3S/c1-22(2,3)27(25)23-20(15-10-16-21(24)26-4)19-14-9-8-13-18(19)17-11-6-5-7-12-17/h5-9,11-14,20,23H,10,15-16H2,1-4H3. The third-order valence-electron chi connectivity index (χ3n) is 4.33. The number of hydrogen-bond donors (Lipinski definition) is 1. The number of carbonyl (C=O) groups is 1. The van der Waals surface area contributed by atoms with E-state index in [0.29, 0.717) is 19.3 Å². The Kier molecular flexibility index (Phi) is 7.90. The van der Waals surface area contributed by atoms with Crippen molar-refractivity contribution in [1.82, 2.24) is 4.72 Å². The van der Waals surface area contributed by atoms with Crippen molar-refractivity contribution in [2.75, 3.05) is 7.11 Å². The number of benzene rings is 2. The first-order valence-electron chi connectivity index (χ1n) is 9.22. The van der Waals surface area contributed by atoms with Crippen LogP contribution in [-0.4, -0.2) is 22.4 Å². The minimum atomic E-state index is -1.21. The predicted octanol–water partition coefficient (Wildman–Crippen LogP) is 4.79. The molecule has 2 rings (SSSR count). The van der Waals surface area contributed by atoms with Crippen LogP contribution in [0.4, 0.5) is 0 Å². The van der Waals surface area contributed by atoms with Crippen LogP contribution in [0.5, 0.6) is 0 Å². The molecule has 0 saturated heterocycles. The molecule has 0 bridgehead atoms. The Hall–Kier alpha value is -1.82. The SMILES string of the molecule is COC(=O)CCCC(N[S+]([O-])C(C)(C)C)c1ccccc1-c1ccccc1. The summed E-state index contributed by atoms with van der Waals surface area (Å²) in [6, 6.07) is 18.2. The first kappa shape index (κ1) is 21.5. The van der Waals surface area contributed by atoms with Gasteiger partial charge in [-0.15, -0.1) is 4.72 Å². The highest BCUT2D eigenvalue weighted by Crippen LogP contribution is 2.32. The van der Waals surface area contributed by atoms with Gasteiger partial charge in [0.2, 0.25) is 0 Å². The van der Waals surface area contributed by atoms with Crippen molar-refractivity contribution in [2.24, 2.45) is 0 Å². The van der Waals surface area contributed by atoms with Gasteiger partial charge in [0.1, 0.15) is 4.75 Å². The van der Waals surface area contributed by atoms with Gasteiger partial charge in [0.15, 0.2) is 0 Å². The van der Waals surface area contributed by atoms with Crippen LogP contribution in [0, 0.1) is 0 Å². The number of carbonyl (C=O) groups excluding carboxylic acids is 1. The largest absolute Gasteiger partial charge is 0.598 e. The highest BCUT2D eigenvalue weighted by atomic mass is 32.2. The molecule has 0 aliphatic carbocycles. The van der Waals surface area contributed by atoms with Gasteiger partial charge >= 0.3 is 5.97 Å². The van der Waals surface area contributed by atoms with E-state index in [2.05, 4.69) is 29.0 Å². The van der Waals surface area contributed by atoms with Crippen LogP contribution >= 0.6 is 0 Å². The van der Waals surface area contributed by atoms with Crippen molar-refractivity contribution < 1.29 is 14.1 Å². The number of nitrogens with one attached hydrogen (secondary N) is 1. The third-order valence-corrected chi connectivity index (χ3v) is 5.94. The van der Waals surface area contributed by atoms with Crippen LogP contribution < -0.4 is 4.72 Å². The van der Waals surface area contributed by atoms with Gasteiger partial charge < -0.3 is 9.29 Å². The first-order chi connectivity index (χ1) is 12.8. The van der Waals surface area contributed by atoms with Gasteiger partial charge in [-0.2, -0.15) is 0 Å². The summed E-state index contributed by atoms with van der Waals surface area (Å²) in [5, 5.41) is 0. The summed E-state index contributed by atoms with van der Waals surface area (Å²) in [7, 11) is 1.40. The Balaban J connectivity index is 2.31. The Morgan fingerprint density at radius 3 is 2.37 bits per heavy atom. The van der Waals surface area contributed by atoms with Crippen molar-refractivity contribution in [2.45, 2.75) is 50.8 Å². The summed E-state index contributed by atoms with van der Waals surface area (Å²) in [5.41, 5.74) is 3.32. The van der Waals surface area contributed by atoms with Crippen LogP contribution in [0.2, 0.25) is 0 Å². The van der Waals surface area contributed by atoms with E-state index in [1.165, 1.54) is 7.11 Å². The van der Waals surface area contributed by atoms with E-state index in [0.717, 1.165) is 16.7 Å². The van der Waals surface area contributed by atoms with Crippen molar-refractivity contribution in [3.8, 4) is 11.1 Å². The molecule has 27 heavy (non-hydrogen) atoms. The minimum Gasteiger partial charge on any atom is -0.598 e. The maximum absolute atomic E-state index is 12.8. The summed E-state index contributed by atoms with van der Waals surface area (Å²) in [5.74, 6) is -0.220. The van der Waals surface area contributed by atoms with E-state index in [1.54, 1.807) is 0 Å². The molecular formula is C22H29NO3S. The van der Waals surface area contributed by atoms with Crippen LogP contribution in [0.1, 0.15) is 51.6 Å². The zero-order valence-electron chi connectivity index (χ0n) is 16.5. The molecule has 0 radical (unpaired) electrons. The molecule has 2 atom stereocenters. The Morgan fingerprint density at radius 1 is 1.11 bits per heavy atom. The van der Waals surface area contributed by atoms with Gasteiger partial charge in [0.25, 0.3) is 0 Å². The third kappa shape index (κ3) is 6.38. The molecule has 0 aliphatic rings. The van der Waals surface area contributed by atoms with Gasteiger partial charge in [0.05, 0.1) is 13.2 Å². The fourth-order valence-electron chi connectivity index (χ4n) is 2.82. The van der Waals surface area contributed by atoms with Gasteiger partial charge in [-0.05, 0) is 50.3 Å². The lowest BCUT2D eigenvalue weighted by Crippen LogP contribution is -2.41. The molecule has 0 fully saturated rings. The van der Waals surface area contributed by atoms with E-state index >= 15 is 0 Å². The molecule has 2 aromatic carbocycles. The number of ether oxygens (including phenoxy) is 1. The van der Waals surface area contributed by atoms with Crippen LogP contribution in [0.3, 0.4) is 0 Å². The number of hydrogen-bond acceptors (Lipinski definition) is 4. The average Bonchev–Trinajstić information content (AvgIpc) is 2.66. The molecule has 0 saturated carbocycles. The Labute approximate surface area is 165 Å². The zero-order valence-corrected chi connectivity index (χ0v) is 17.3. The molecule has 146 valence electrons. The van der Waals surface area contributed by atoms with Crippen molar-refractivity contribution >= 4 is 17.3 Å².